The molecule has 1 aliphatic heterocycles. The van der Waals surface area contributed by atoms with Crippen molar-refractivity contribution in [2.45, 2.75) is 25.8 Å². The fraction of sp³-hybridized carbons (Fsp3) is 0.385. The topological polar surface area (TPSA) is 49.4 Å². The van der Waals surface area contributed by atoms with E-state index in [0.29, 0.717) is 11.6 Å². The summed E-state index contributed by atoms with van der Waals surface area (Å²) in [6.07, 6.45) is 2.08. The van der Waals surface area contributed by atoms with Crippen LogP contribution >= 0.6 is 0 Å². The zero-order chi connectivity index (χ0) is 12.0. The second kappa shape index (κ2) is 3.58. The third-order valence-electron chi connectivity index (χ3n) is 3.35. The number of amides is 3. The van der Waals surface area contributed by atoms with Gasteiger partial charge in [0.15, 0.2) is 0 Å². The van der Waals surface area contributed by atoms with Gasteiger partial charge in [-0.05, 0) is 37.8 Å². The molecule has 1 heterocycles. The zero-order valence-corrected chi connectivity index (χ0v) is 9.64. The fourth-order valence-corrected chi connectivity index (χ4v) is 2.19. The van der Waals surface area contributed by atoms with Gasteiger partial charge in [0.05, 0.1) is 5.69 Å². The molecule has 88 valence electrons. The molecule has 0 spiro atoms. The summed E-state index contributed by atoms with van der Waals surface area (Å²) < 4.78 is 0. The average molecular weight is 230 g/mol. The van der Waals surface area contributed by atoms with Crippen molar-refractivity contribution in [3.63, 3.8) is 0 Å². The summed E-state index contributed by atoms with van der Waals surface area (Å²) in [5.74, 6) is 0.239. The van der Waals surface area contributed by atoms with Crippen molar-refractivity contribution < 1.29 is 9.59 Å². The molecule has 1 saturated heterocycles. The highest BCUT2D eigenvalue weighted by molar-refractivity contribution is 6.21. The molecule has 1 atom stereocenters. The fourth-order valence-electron chi connectivity index (χ4n) is 2.19. The molecule has 1 N–H and O–H groups in total. The smallest absolute Gasteiger partial charge is 0.325 e. The Morgan fingerprint density at radius 3 is 2.41 bits per heavy atom. The van der Waals surface area contributed by atoms with Crippen LogP contribution in [-0.2, 0) is 4.79 Å². The van der Waals surface area contributed by atoms with Crippen LogP contribution in [-0.4, -0.2) is 18.0 Å². The molecule has 1 saturated carbocycles. The predicted molar refractivity (Wildman–Crippen MR) is 63.7 cm³/mol. The molecule has 4 heteroatoms. The summed E-state index contributed by atoms with van der Waals surface area (Å²) in [6.45, 7) is 1.97. The van der Waals surface area contributed by atoms with Crippen molar-refractivity contribution in [3.05, 3.63) is 29.8 Å². The quantitative estimate of drug-likeness (QED) is 0.788. The number of carbonyl (C=O) groups excluding carboxylic acids is 2. The highest BCUT2D eigenvalue weighted by Crippen LogP contribution is 2.36. The first-order chi connectivity index (χ1) is 8.16. The Labute approximate surface area is 99.6 Å². The van der Waals surface area contributed by atoms with Gasteiger partial charge in [-0.15, -0.1) is 0 Å². The molecule has 1 unspecified atom stereocenters. The van der Waals surface area contributed by atoms with Crippen molar-refractivity contribution in [2.75, 3.05) is 4.90 Å². The Balaban J connectivity index is 1.89. The average Bonchev–Trinajstić information content (AvgIpc) is 3.09. The van der Waals surface area contributed by atoms with Gasteiger partial charge >= 0.3 is 6.03 Å². The molecule has 2 fully saturated rings. The predicted octanol–water partition coefficient (Wildman–Crippen LogP) is 1.83. The minimum absolute atomic E-state index is 0.110. The first kappa shape index (κ1) is 10.3. The maximum atomic E-state index is 12.1. The zero-order valence-electron chi connectivity index (χ0n) is 9.64. The van der Waals surface area contributed by atoms with Crippen LogP contribution in [0.4, 0.5) is 10.5 Å². The second-order valence-electron chi connectivity index (χ2n) is 4.77. The van der Waals surface area contributed by atoms with E-state index in [-0.39, 0.29) is 18.0 Å². The normalized spacial score (nSPS) is 24.1. The summed E-state index contributed by atoms with van der Waals surface area (Å²) in [5, 5.41) is 2.77. The van der Waals surface area contributed by atoms with Gasteiger partial charge in [-0.25, -0.2) is 9.69 Å². The van der Waals surface area contributed by atoms with E-state index in [2.05, 4.69) is 5.32 Å². The van der Waals surface area contributed by atoms with Crippen LogP contribution in [0, 0.1) is 12.8 Å². The van der Waals surface area contributed by atoms with Gasteiger partial charge in [-0.3, -0.25) is 4.79 Å². The number of nitrogens with zero attached hydrogens (tertiary/aromatic N) is 1. The monoisotopic (exact) mass is 230 g/mol. The van der Waals surface area contributed by atoms with Crippen LogP contribution in [0.15, 0.2) is 24.3 Å². The lowest BCUT2D eigenvalue weighted by Crippen LogP contribution is -2.32. The van der Waals surface area contributed by atoms with E-state index in [1.54, 1.807) is 0 Å². The first-order valence-electron chi connectivity index (χ1n) is 5.88. The van der Waals surface area contributed by atoms with Crippen molar-refractivity contribution in [1.82, 2.24) is 5.32 Å². The van der Waals surface area contributed by atoms with Crippen LogP contribution < -0.4 is 10.2 Å². The van der Waals surface area contributed by atoms with Gasteiger partial charge < -0.3 is 5.32 Å². The molecule has 1 aliphatic carbocycles. The lowest BCUT2D eigenvalue weighted by Gasteiger charge is -2.12. The molecular weight excluding hydrogens is 216 g/mol. The Kier molecular flexibility index (Phi) is 2.18. The van der Waals surface area contributed by atoms with Crippen LogP contribution in [0.2, 0.25) is 0 Å². The molecule has 4 nitrogen and oxygen atoms in total. The molecule has 1 aromatic carbocycles. The Morgan fingerprint density at radius 1 is 1.18 bits per heavy atom. The minimum Gasteiger partial charge on any atom is -0.325 e. The lowest BCUT2D eigenvalue weighted by atomic mass is 10.1. The van der Waals surface area contributed by atoms with Gasteiger partial charge in [-0.1, -0.05) is 17.7 Å². The summed E-state index contributed by atoms with van der Waals surface area (Å²) in [6, 6.07) is 6.82. The molecule has 3 rings (SSSR count). The summed E-state index contributed by atoms with van der Waals surface area (Å²) in [5.41, 5.74) is 1.76. The highest BCUT2D eigenvalue weighted by atomic mass is 16.2. The molecular formula is C13H14N2O2. The number of urea groups is 1. The van der Waals surface area contributed by atoms with Crippen LogP contribution in [0.1, 0.15) is 18.4 Å². The molecule has 3 amide bonds. The molecule has 0 radical (unpaired) electrons. The number of rotatable bonds is 2. The SMILES string of the molecule is Cc1ccc(N2C(=O)NC(C3CC3)C2=O)cc1. The first-order valence-corrected chi connectivity index (χ1v) is 5.88. The number of hydrogen-bond donors (Lipinski definition) is 1. The van der Waals surface area contributed by atoms with E-state index in [1.165, 1.54) is 4.90 Å². The van der Waals surface area contributed by atoms with Gasteiger partial charge in [-0.2, -0.15) is 0 Å². The minimum atomic E-state index is -0.302. The Bertz CT molecular complexity index is 477. The third-order valence-corrected chi connectivity index (χ3v) is 3.35. The summed E-state index contributed by atoms with van der Waals surface area (Å²) in [4.78, 5) is 25.2. The number of imide groups is 1. The van der Waals surface area contributed by atoms with E-state index < -0.39 is 0 Å². The van der Waals surface area contributed by atoms with Crippen molar-refractivity contribution in [3.8, 4) is 0 Å². The Hall–Kier alpha value is -1.84. The Morgan fingerprint density at radius 2 is 1.82 bits per heavy atom. The van der Waals surface area contributed by atoms with E-state index in [1.807, 2.05) is 31.2 Å². The summed E-state index contributed by atoms with van der Waals surface area (Å²) >= 11 is 0. The van der Waals surface area contributed by atoms with Gasteiger partial charge in [0, 0.05) is 0 Å². The van der Waals surface area contributed by atoms with E-state index in [9.17, 15) is 9.59 Å². The van der Waals surface area contributed by atoms with E-state index >= 15 is 0 Å². The third kappa shape index (κ3) is 1.69. The van der Waals surface area contributed by atoms with E-state index in [4.69, 9.17) is 0 Å². The molecule has 0 bridgehead atoms. The van der Waals surface area contributed by atoms with Crippen molar-refractivity contribution >= 4 is 17.6 Å². The lowest BCUT2D eigenvalue weighted by molar-refractivity contribution is -0.118. The molecule has 1 aromatic rings. The van der Waals surface area contributed by atoms with Gasteiger partial charge in [0.25, 0.3) is 5.91 Å². The maximum Gasteiger partial charge on any atom is 0.329 e. The number of nitrogens with one attached hydrogen (secondary N) is 1. The number of anilines is 1. The van der Waals surface area contributed by atoms with Crippen LogP contribution in [0.25, 0.3) is 0 Å². The van der Waals surface area contributed by atoms with E-state index in [0.717, 1.165) is 18.4 Å². The molecule has 2 aliphatic rings. The number of carbonyl (C=O) groups is 2. The molecule has 0 aromatic heterocycles. The second-order valence-corrected chi connectivity index (χ2v) is 4.77. The van der Waals surface area contributed by atoms with Gasteiger partial charge in [0.1, 0.15) is 6.04 Å². The highest BCUT2D eigenvalue weighted by Gasteiger charge is 2.46. The van der Waals surface area contributed by atoms with Crippen LogP contribution in [0.3, 0.4) is 0 Å². The van der Waals surface area contributed by atoms with Crippen molar-refractivity contribution in [1.29, 1.82) is 0 Å². The number of aryl methyl sites for hydroxylation is 1. The number of benzene rings is 1. The van der Waals surface area contributed by atoms with Crippen molar-refractivity contribution in [2.24, 2.45) is 5.92 Å². The van der Waals surface area contributed by atoms with Crippen LogP contribution in [0.5, 0.6) is 0 Å². The number of hydrogen-bond acceptors (Lipinski definition) is 2. The largest absolute Gasteiger partial charge is 0.329 e. The molecule has 17 heavy (non-hydrogen) atoms. The maximum absolute atomic E-state index is 12.1. The standard InChI is InChI=1S/C13H14N2O2/c1-8-2-6-10(7-3-8)15-12(16)11(9-4-5-9)14-13(15)17/h2-3,6-7,9,11H,4-5H2,1H3,(H,14,17). The summed E-state index contributed by atoms with van der Waals surface area (Å²) in [7, 11) is 0. The van der Waals surface area contributed by atoms with Gasteiger partial charge in [0.2, 0.25) is 0 Å².